The summed E-state index contributed by atoms with van der Waals surface area (Å²) in [5.41, 5.74) is 2.05. The summed E-state index contributed by atoms with van der Waals surface area (Å²) in [7, 11) is 0. The van der Waals surface area contributed by atoms with Crippen molar-refractivity contribution in [2.75, 3.05) is 6.54 Å². The van der Waals surface area contributed by atoms with Crippen molar-refractivity contribution in [1.29, 1.82) is 0 Å². The van der Waals surface area contributed by atoms with Crippen LogP contribution in [0.25, 0.3) is 0 Å². The van der Waals surface area contributed by atoms with Crippen LogP contribution in [-0.2, 0) is 4.79 Å². The zero-order valence-corrected chi connectivity index (χ0v) is 13.8. The minimum Gasteiger partial charge on any atom is -0.361 e. The summed E-state index contributed by atoms with van der Waals surface area (Å²) in [5, 5.41) is 4.85. The summed E-state index contributed by atoms with van der Waals surface area (Å²) in [5.74, 6) is 1.43. The molecule has 23 heavy (non-hydrogen) atoms. The maximum atomic E-state index is 12.9. The monoisotopic (exact) mass is 330 g/mol. The fourth-order valence-electron chi connectivity index (χ4n) is 3.67. The number of rotatable bonds is 3. The van der Waals surface area contributed by atoms with Crippen LogP contribution in [0.5, 0.6) is 0 Å². The van der Waals surface area contributed by atoms with Gasteiger partial charge in [-0.3, -0.25) is 4.79 Å². The number of benzene rings is 1. The SMILES string of the molecule is Cc1cc([C@@H]2CCCN2C(=O)[C@H]2C[C@H]2c2cccc(Cl)c2)no1. The van der Waals surface area contributed by atoms with Crippen molar-refractivity contribution in [2.24, 2.45) is 5.92 Å². The molecule has 2 fully saturated rings. The molecule has 0 bridgehead atoms. The molecule has 0 N–H and O–H groups in total. The van der Waals surface area contributed by atoms with Crippen LogP contribution < -0.4 is 0 Å². The van der Waals surface area contributed by atoms with E-state index in [4.69, 9.17) is 16.1 Å². The zero-order chi connectivity index (χ0) is 16.0. The first kappa shape index (κ1) is 14.8. The number of hydrogen-bond acceptors (Lipinski definition) is 3. The number of halogens is 1. The molecule has 1 aromatic heterocycles. The van der Waals surface area contributed by atoms with Crippen LogP contribution in [0.1, 0.15) is 48.2 Å². The third-order valence-corrected chi connectivity index (χ3v) is 5.14. The highest BCUT2D eigenvalue weighted by molar-refractivity contribution is 6.30. The predicted octanol–water partition coefficient (Wildman–Crippen LogP) is 4.10. The fourth-order valence-corrected chi connectivity index (χ4v) is 3.87. The van der Waals surface area contributed by atoms with Gasteiger partial charge in [0.05, 0.1) is 6.04 Å². The van der Waals surface area contributed by atoms with Gasteiger partial charge in [-0.25, -0.2) is 0 Å². The highest BCUT2D eigenvalue weighted by Crippen LogP contribution is 2.50. The second-order valence-corrected chi connectivity index (χ2v) is 6.99. The van der Waals surface area contributed by atoms with E-state index in [2.05, 4.69) is 11.2 Å². The van der Waals surface area contributed by atoms with Gasteiger partial charge in [0.1, 0.15) is 11.5 Å². The standard InChI is InChI=1S/C18H19ClN2O2/c1-11-8-16(20-23-11)17-6-3-7-21(17)18(22)15-10-14(15)12-4-2-5-13(19)9-12/h2,4-5,8-9,14-15,17H,3,6-7,10H2,1H3/t14-,15-,17-/m0/s1. The average molecular weight is 331 g/mol. The van der Waals surface area contributed by atoms with E-state index in [-0.39, 0.29) is 17.9 Å². The molecule has 0 spiro atoms. The van der Waals surface area contributed by atoms with E-state index in [9.17, 15) is 4.79 Å². The number of amides is 1. The summed E-state index contributed by atoms with van der Waals surface area (Å²) in [6, 6.07) is 9.87. The van der Waals surface area contributed by atoms with Gasteiger partial charge in [-0.05, 0) is 49.8 Å². The zero-order valence-electron chi connectivity index (χ0n) is 13.0. The van der Waals surface area contributed by atoms with Crippen molar-refractivity contribution in [3.05, 3.63) is 52.4 Å². The lowest BCUT2D eigenvalue weighted by Crippen LogP contribution is -2.32. The molecule has 0 radical (unpaired) electrons. The molecule has 2 aliphatic rings. The van der Waals surface area contributed by atoms with Crippen molar-refractivity contribution < 1.29 is 9.32 Å². The lowest BCUT2D eigenvalue weighted by atomic mass is 10.1. The lowest BCUT2D eigenvalue weighted by Gasteiger charge is -2.23. The third kappa shape index (κ3) is 2.76. The van der Waals surface area contributed by atoms with Gasteiger partial charge in [0.2, 0.25) is 5.91 Å². The molecule has 1 aliphatic heterocycles. The molecule has 0 unspecified atom stereocenters. The van der Waals surface area contributed by atoms with Crippen LogP contribution in [0.2, 0.25) is 5.02 Å². The molecule has 1 aliphatic carbocycles. The summed E-state index contributed by atoms with van der Waals surface area (Å²) in [6.45, 7) is 2.70. The average Bonchev–Trinajstić information content (AvgIpc) is 2.97. The Kier molecular flexibility index (Phi) is 3.64. The van der Waals surface area contributed by atoms with Gasteiger partial charge in [0.25, 0.3) is 0 Å². The number of aromatic nitrogens is 1. The van der Waals surface area contributed by atoms with Crippen molar-refractivity contribution in [2.45, 2.75) is 38.1 Å². The fraction of sp³-hybridized carbons (Fsp3) is 0.444. The molecule has 5 heteroatoms. The van der Waals surface area contributed by atoms with E-state index >= 15 is 0 Å². The van der Waals surface area contributed by atoms with Gasteiger partial charge in [-0.15, -0.1) is 0 Å². The number of likely N-dealkylation sites (tertiary alicyclic amines) is 1. The van der Waals surface area contributed by atoms with Gasteiger partial charge in [0.15, 0.2) is 0 Å². The first-order valence-electron chi connectivity index (χ1n) is 8.12. The van der Waals surface area contributed by atoms with Crippen LogP contribution in [0.15, 0.2) is 34.9 Å². The first-order valence-corrected chi connectivity index (χ1v) is 8.50. The predicted molar refractivity (Wildman–Crippen MR) is 87.2 cm³/mol. The molecule has 4 rings (SSSR count). The highest BCUT2D eigenvalue weighted by Gasteiger charge is 2.48. The van der Waals surface area contributed by atoms with Crippen LogP contribution in [0.3, 0.4) is 0 Å². The van der Waals surface area contributed by atoms with E-state index in [0.717, 1.165) is 42.3 Å². The molecule has 1 saturated carbocycles. The Labute approximate surface area is 140 Å². The molecule has 120 valence electrons. The van der Waals surface area contributed by atoms with E-state index in [0.29, 0.717) is 5.92 Å². The summed E-state index contributed by atoms with van der Waals surface area (Å²) in [4.78, 5) is 14.9. The van der Waals surface area contributed by atoms with Gasteiger partial charge >= 0.3 is 0 Å². The second kappa shape index (κ2) is 5.68. The third-order valence-electron chi connectivity index (χ3n) is 4.91. The lowest BCUT2D eigenvalue weighted by molar-refractivity contribution is -0.133. The summed E-state index contributed by atoms with van der Waals surface area (Å²) >= 11 is 6.06. The maximum absolute atomic E-state index is 12.9. The molecule has 1 amide bonds. The van der Waals surface area contributed by atoms with E-state index in [1.807, 2.05) is 36.1 Å². The Balaban J connectivity index is 1.49. The Hall–Kier alpha value is -1.81. The van der Waals surface area contributed by atoms with Crippen molar-refractivity contribution in [3.63, 3.8) is 0 Å². The van der Waals surface area contributed by atoms with Crippen LogP contribution in [-0.4, -0.2) is 22.5 Å². The van der Waals surface area contributed by atoms with Crippen molar-refractivity contribution in [3.8, 4) is 0 Å². The van der Waals surface area contributed by atoms with Gasteiger partial charge in [-0.1, -0.05) is 28.9 Å². The Morgan fingerprint density at radius 1 is 1.39 bits per heavy atom. The molecule has 2 heterocycles. The summed E-state index contributed by atoms with van der Waals surface area (Å²) < 4.78 is 5.18. The van der Waals surface area contributed by atoms with Crippen molar-refractivity contribution >= 4 is 17.5 Å². The normalized spacial score (nSPS) is 26.5. The van der Waals surface area contributed by atoms with Crippen LogP contribution in [0, 0.1) is 12.8 Å². The van der Waals surface area contributed by atoms with Gasteiger partial charge < -0.3 is 9.42 Å². The molecule has 3 atom stereocenters. The first-order chi connectivity index (χ1) is 11.1. The van der Waals surface area contributed by atoms with Crippen molar-refractivity contribution in [1.82, 2.24) is 10.1 Å². The minimum atomic E-state index is 0.0700. The Bertz CT molecular complexity index is 742. The van der Waals surface area contributed by atoms with Crippen LogP contribution in [0.4, 0.5) is 0 Å². The number of aryl methyl sites for hydroxylation is 1. The molecule has 1 aromatic carbocycles. The number of hydrogen-bond donors (Lipinski definition) is 0. The smallest absolute Gasteiger partial charge is 0.226 e. The van der Waals surface area contributed by atoms with E-state index in [1.165, 1.54) is 5.56 Å². The molecular weight excluding hydrogens is 312 g/mol. The van der Waals surface area contributed by atoms with E-state index in [1.54, 1.807) is 0 Å². The number of nitrogens with zero attached hydrogens (tertiary/aromatic N) is 2. The highest BCUT2D eigenvalue weighted by atomic mass is 35.5. The van der Waals surface area contributed by atoms with Gasteiger partial charge in [-0.2, -0.15) is 0 Å². The molecule has 2 aromatic rings. The number of carbonyl (C=O) groups is 1. The molecule has 4 nitrogen and oxygen atoms in total. The molecular formula is C18H19ClN2O2. The maximum Gasteiger partial charge on any atom is 0.226 e. The quantitative estimate of drug-likeness (QED) is 0.851. The van der Waals surface area contributed by atoms with E-state index < -0.39 is 0 Å². The number of carbonyl (C=O) groups excluding carboxylic acids is 1. The van der Waals surface area contributed by atoms with Gasteiger partial charge in [0, 0.05) is 23.6 Å². The molecule has 1 saturated heterocycles. The Morgan fingerprint density at radius 2 is 2.26 bits per heavy atom. The largest absolute Gasteiger partial charge is 0.361 e. The second-order valence-electron chi connectivity index (χ2n) is 6.56. The minimum absolute atomic E-state index is 0.0700. The summed E-state index contributed by atoms with van der Waals surface area (Å²) in [6.07, 6.45) is 2.91. The Morgan fingerprint density at radius 3 is 3.00 bits per heavy atom. The topological polar surface area (TPSA) is 46.3 Å². The van der Waals surface area contributed by atoms with Crippen LogP contribution >= 0.6 is 11.6 Å².